The number of carbonyl (C=O) groups is 1. The van der Waals surface area contributed by atoms with Crippen molar-refractivity contribution in [2.45, 2.75) is 13.0 Å². The van der Waals surface area contributed by atoms with E-state index in [1.807, 2.05) is 25.1 Å². The molecule has 1 aromatic carbocycles. The second-order valence-electron chi connectivity index (χ2n) is 6.07. The van der Waals surface area contributed by atoms with Crippen molar-refractivity contribution >= 4 is 11.5 Å². The third-order valence-corrected chi connectivity index (χ3v) is 4.20. The van der Waals surface area contributed by atoms with E-state index >= 15 is 0 Å². The van der Waals surface area contributed by atoms with E-state index < -0.39 is 0 Å². The van der Waals surface area contributed by atoms with E-state index in [9.17, 15) is 4.79 Å². The first-order valence-corrected chi connectivity index (χ1v) is 8.31. The van der Waals surface area contributed by atoms with Gasteiger partial charge in [-0.2, -0.15) is 0 Å². The van der Waals surface area contributed by atoms with Crippen molar-refractivity contribution in [3.63, 3.8) is 0 Å². The fourth-order valence-electron chi connectivity index (χ4n) is 2.82. The Morgan fingerprint density at radius 1 is 1.39 bits per heavy atom. The monoisotopic (exact) mass is 319 g/mol. The summed E-state index contributed by atoms with van der Waals surface area (Å²) < 4.78 is 11.0. The molecule has 0 radical (unpaired) electrons. The van der Waals surface area contributed by atoms with Gasteiger partial charge in [0, 0.05) is 31.7 Å². The van der Waals surface area contributed by atoms with Crippen molar-refractivity contribution in [1.29, 1.82) is 0 Å². The number of rotatable bonds is 6. The van der Waals surface area contributed by atoms with Gasteiger partial charge < -0.3 is 20.1 Å². The van der Waals surface area contributed by atoms with Gasteiger partial charge in [-0.05, 0) is 25.1 Å². The Morgan fingerprint density at radius 3 is 3.04 bits per heavy atom. The normalized spacial score (nSPS) is 21.2. The van der Waals surface area contributed by atoms with E-state index in [0.717, 1.165) is 57.4 Å². The van der Waals surface area contributed by atoms with Crippen molar-refractivity contribution in [3.05, 3.63) is 23.8 Å². The zero-order chi connectivity index (χ0) is 16.1. The number of nitrogens with zero attached hydrogens (tertiary/aromatic N) is 1. The molecule has 0 aromatic heterocycles. The van der Waals surface area contributed by atoms with Gasteiger partial charge in [-0.15, -0.1) is 0 Å². The molecule has 0 amide bonds. The van der Waals surface area contributed by atoms with Crippen molar-refractivity contribution in [3.8, 4) is 5.75 Å². The highest BCUT2D eigenvalue weighted by molar-refractivity contribution is 5.98. The van der Waals surface area contributed by atoms with Crippen LogP contribution in [0.5, 0.6) is 5.75 Å². The van der Waals surface area contributed by atoms with Crippen molar-refractivity contribution in [1.82, 2.24) is 10.2 Å². The van der Waals surface area contributed by atoms with Crippen molar-refractivity contribution < 1.29 is 14.3 Å². The molecule has 1 unspecified atom stereocenters. The third kappa shape index (κ3) is 4.43. The van der Waals surface area contributed by atoms with E-state index in [-0.39, 0.29) is 11.9 Å². The third-order valence-electron chi connectivity index (χ3n) is 4.20. The molecule has 6 nitrogen and oxygen atoms in total. The van der Waals surface area contributed by atoms with Crippen LogP contribution in [0.15, 0.2) is 18.2 Å². The van der Waals surface area contributed by atoms with Gasteiger partial charge in [0.05, 0.1) is 32.0 Å². The second kappa shape index (κ2) is 7.77. The SMILES string of the molecule is CC1CNc2cc(C(=O)CNCCN3CCOCC3)ccc2O1. The minimum atomic E-state index is 0.107. The number of anilines is 1. The topological polar surface area (TPSA) is 62.8 Å². The quantitative estimate of drug-likeness (QED) is 0.602. The van der Waals surface area contributed by atoms with Crippen LogP contribution >= 0.6 is 0 Å². The summed E-state index contributed by atoms with van der Waals surface area (Å²) in [6, 6.07) is 5.59. The van der Waals surface area contributed by atoms with Gasteiger partial charge in [-0.25, -0.2) is 0 Å². The number of fused-ring (bicyclic) bond motifs is 1. The standard InChI is InChI=1S/C17H25N3O3/c1-13-11-19-15-10-14(2-3-17(15)23-13)16(21)12-18-4-5-20-6-8-22-9-7-20/h2-3,10,13,18-19H,4-9,11-12H2,1H3. The minimum Gasteiger partial charge on any atom is -0.487 e. The fourth-order valence-corrected chi connectivity index (χ4v) is 2.82. The smallest absolute Gasteiger partial charge is 0.176 e. The Hall–Kier alpha value is -1.63. The molecule has 0 aliphatic carbocycles. The number of benzene rings is 1. The predicted octanol–water partition coefficient (Wildman–Crippen LogP) is 0.984. The molecule has 2 N–H and O–H groups in total. The summed E-state index contributed by atoms with van der Waals surface area (Å²) in [6.45, 7) is 8.48. The van der Waals surface area contributed by atoms with Crippen LogP contribution in [-0.2, 0) is 4.74 Å². The van der Waals surface area contributed by atoms with Gasteiger partial charge in [0.2, 0.25) is 0 Å². The molecule has 1 aromatic rings. The number of nitrogens with one attached hydrogen (secondary N) is 2. The summed E-state index contributed by atoms with van der Waals surface area (Å²) in [7, 11) is 0. The highest BCUT2D eigenvalue weighted by atomic mass is 16.5. The molecule has 1 atom stereocenters. The highest BCUT2D eigenvalue weighted by Crippen LogP contribution is 2.29. The van der Waals surface area contributed by atoms with E-state index in [1.54, 1.807) is 0 Å². The lowest BCUT2D eigenvalue weighted by Gasteiger charge is -2.26. The van der Waals surface area contributed by atoms with Crippen LogP contribution in [0.3, 0.4) is 0 Å². The van der Waals surface area contributed by atoms with Gasteiger partial charge >= 0.3 is 0 Å². The molecule has 2 aliphatic heterocycles. The lowest BCUT2D eigenvalue weighted by Crippen LogP contribution is -2.41. The minimum absolute atomic E-state index is 0.107. The summed E-state index contributed by atoms with van der Waals surface area (Å²) in [5, 5.41) is 6.54. The number of Topliss-reactive ketones (excluding diaryl/α,β-unsaturated/α-hetero) is 1. The molecule has 126 valence electrons. The molecule has 1 saturated heterocycles. The summed E-state index contributed by atoms with van der Waals surface area (Å²) in [5.41, 5.74) is 1.62. The van der Waals surface area contributed by atoms with Gasteiger partial charge in [-0.3, -0.25) is 9.69 Å². The molecule has 2 aliphatic rings. The van der Waals surface area contributed by atoms with Crippen molar-refractivity contribution in [2.24, 2.45) is 0 Å². The van der Waals surface area contributed by atoms with E-state index in [2.05, 4.69) is 15.5 Å². The first kappa shape index (κ1) is 16.2. The Kier molecular flexibility index (Phi) is 5.48. The first-order valence-electron chi connectivity index (χ1n) is 8.31. The van der Waals surface area contributed by atoms with Crippen LogP contribution in [0.25, 0.3) is 0 Å². The average molecular weight is 319 g/mol. The van der Waals surface area contributed by atoms with E-state index in [0.29, 0.717) is 12.1 Å². The Morgan fingerprint density at radius 2 is 2.22 bits per heavy atom. The van der Waals surface area contributed by atoms with Crippen molar-refractivity contribution in [2.75, 3.05) is 57.8 Å². The molecule has 0 bridgehead atoms. The van der Waals surface area contributed by atoms with Crippen LogP contribution in [0.1, 0.15) is 17.3 Å². The van der Waals surface area contributed by atoms with Crippen LogP contribution in [0.4, 0.5) is 5.69 Å². The number of ketones is 1. The first-order chi connectivity index (χ1) is 11.2. The van der Waals surface area contributed by atoms with Crippen LogP contribution < -0.4 is 15.4 Å². The largest absolute Gasteiger partial charge is 0.487 e. The summed E-state index contributed by atoms with van der Waals surface area (Å²) in [4.78, 5) is 14.6. The van der Waals surface area contributed by atoms with Crippen LogP contribution in [0.2, 0.25) is 0 Å². The molecular formula is C17H25N3O3. The molecule has 0 spiro atoms. The zero-order valence-corrected chi connectivity index (χ0v) is 13.6. The maximum Gasteiger partial charge on any atom is 0.176 e. The molecule has 0 saturated carbocycles. The van der Waals surface area contributed by atoms with E-state index in [4.69, 9.17) is 9.47 Å². The Bertz CT molecular complexity index is 544. The van der Waals surface area contributed by atoms with Gasteiger partial charge in [-0.1, -0.05) is 0 Å². The Balaban J connectivity index is 1.45. The summed E-state index contributed by atoms with van der Waals surface area (Å²) >= 11 is 0. The van der Waals surface area contributed by atoms with E-state index in [1.165, 1.54) is 0 Å². The average Bonchev–Trinajstić information content (AvgIpc) is 2.59. The van der Waals surface area contributed by atoms with Gasteiger partial charge in [0.25, 0.3) is 0 Å². The summed E-state index contributed by atoms with van der Waals surface area (Å²) in [5.74, 6) is 0.927. The lowest BCUT2D eigenvalue weighted by molar-refractivity contribution is 0.0384. The molecule has 3 rings (SSSR count). The van der Waals surface area contributed by atoms with Crippen LogP contribution in [0, 0.1) is 0 Å². The fraction of sp³-hybridized carbons (Fsp3) is 0.588. The number of ether oxygens (including phenoxy) is 2. The molecule has 6 heteroatoms. The second-order valence-corrected chi connectivity index (χ2v) is 6.07. The number of hydrogen-bond donors (Lipinski definition) is 2. The maximum atomic E-state index is 12.3. The maximum absolute atomic E-state index is 12.3. The molecule has 23 heavy (non-hydrogen) atoms. The summed E-state index contributed by atoms with van der Waals surface area (Å²) in [6.07, 6.45) is 0.158. The highest BCUT2D eigenvalue weighted by Gasteiger charge is 2.17. The lowest BCUT2D eigenvalue weighted by atomic mass is 10.1. The van der Waals surface area contributed by atoms with Gasteiger partial charge in [0.1, 0.15) is 11.9 Å². The molecule has 1 fully saturated rings. The number of hydrogen-bond acceptors (Lipinski definition) is 6. The number of morpholine rings is 1. The molecular weight excluding hydrogens is 294 g/mol. The number of carbonyl (C=O) groups excluding carboxylic acids is 1. The van der Waals surface area contributed by atoms with Crippen LogP contribution in [-0.4, -0.2) is 69.3 Å². The van der Waals surface area contributed by atoms with Gasteiger partial charge in [0.15, 0.2) is 5.78 Å². The Labute approximate surface area is 137 Å². The predicted molar refractivity (Wildman–Crippen MR) is 89.5 cm³/mol. The zero-order valence-electron chi connectivity index (χ0n) is 13.6. The molecule has 2 heterocycles.